The maximum Gasteiger partial charge on any atom is 0.114 e. The summed E-state index contributed by atoms with van der Waals surface area (Å²) in [5, 5.41) is 28.5. The zero-order valence-corrected chi connectivity index (χ0v) is 15.4. The third-order valence-electron chi connectivity index (χ3n) is 4.79. The normalized spacial score (nSPS) is 25.2. The van der Waals surface area contributed by atoms with E-state index in [0.717, 1.165) is 12.8 Å². The van der Waals surface area contributed by atoms with Gasteiger partial charge in [0, 0.05) is 6.61 Å². The quantitative estimate of drug-likeness (QED) is 0.397. The molecule has 5 heteroatoms. The molecule has 1 fully saturated rings. The maximum absolute atomic E-state index is 9.84. The van der Waals surface area contributed by atoms with E-state index in [2.05, 4.69) is 6.92 Å². The maximum atomic E-state index is 9.84. The molecule has 0 saturated carbocycles. The number of hydrogen-bond donors (Lipinski definition) is 3. The van der Waals surface area contributed by atoms with Gasteiger partial charge in [0.1, 0.15) is 24.4 Å². The average Bonchev–Trinajstić information content (AvgIpc) is 2.96. The van der Waals surface area contributed by atoms with Crippen LogP contribution in [0.15, 0.2) is 0 Å². The van der Waals surface area contributed by atoms with Gasteiger partial charge in [-0.25, -0.2) is 0 Å². The summed E-state index contributed by atoms with van der Waals surface area (Å²) in [6, 6.07) is 0. The van der Waals surface area contributed by atoms with Crippen LogP contribution in [0.25, 0.3) is 0 Å². The number of unbranched alkanes of at least 4 members (excludes halogenated alkanes) is 10. The SMILES string of the molecule is CCCCCCCCCCCCCO[C@H]1[C@@H]([C@H](O)CO)OC[C@@H]1O. The number of aliphatic hydroxyl groups is 3. The molecule has 5 nitrogen and oxygen atoms in total. The number of aliphatic hydroxyl groups excluding tert-OH is 3. The molecule has 0 radical (unpaired) electrons. The lowest BCUT2D eigenvalue weighted by atomic mass is 10.1. The third-order valence-corrected chi connectivity index (χ3v) is 4.79. The molecule has 0 unspecified atom stereocenters. The van der Waals surface area contributed by atoms with Crippen molar-refractivity contribution in [3.8, 4) is 0 Å². The second kappa shape index (κ2) is 14.0. The van der Waals surface area contributed by atoms with E-state index < -0.39 is 24.4 Å². The molecule has 4 atom stereocenters. The van der Waals surface area contributed by atoms with Crippen LogP contribution in [-0.4, -0.2) is 59.6 Å². The first-order valence-electron chi connectivity index (χ1n) is 9.90. The van der Waals surface area contributed by atoms with Gasteiger partial charge in [0.25, 0.3) is 0 Å². The average molecular weight is 347 g/mol. The van der Waals surface area contributed by atoms with Gasteiger partial charge in [-0.15, -0.1) is 0 Å². The fourth-order valence-electron chi connectivity index (χ4n) is 3.24. The minimum atomic E-state index is -0.996. The first kappa shape index (κ1) is 21.8. The molecule has 144 valence electrons. The van der Waals surface area contributed by atoms with E-state index in [1.54, 1.807) is 0 Å². The van der Waals surface area contributed by atoms with Crippen LogP contribution in [0.4, 0.5) is 0 Å². The molecule has 0 spiro atoms. The van der Waals surface area contributed by atoms with Crippen molar-refractivity contribution in [2.75, 3.05) is 19.8 Å². The largest absolute Gasteiger partial charge is 0.394 e. The van der Waals surface area contributed by atoms with E-state index >= 15 is 0 Å². The summed E-state index contributed by atoms with van der Waals surface area (Å²) in [5.41, 5.74) is 0. The number of ether oxygens (including phenoxy) is 2. The molecule has 24 heavy (non-hydrogen) atoms. The van der Waals surface area contributed by atoms with Crippen LogP contribution in [0, 0.1) is 0 Å². The van der Waals surface area contributed by atoms with Gasteiger partial charge >= 0.3 is 0 Å². The summed E-state index contributed by atoms with van der Waals surface area (Å²) < 4.78 is 11.0. The molecule has 1 heterocycles. The zero-order valence-electron chi connectivity index (χ0n) is 15.4. The van der Waals surface area contributed by atoms with E-state index in [-0.39, 0.29) is 13.2 Å². The molecule has 0 aromatic heterocycles. The minimum Gasteiger partial charge on any atom is -0.394 e. The van der Waals surface area contributed by atoms with Gasteiger partial charge in [0.05, 0.1) is 13.2 Å². The van der Waals surface area contributed by atoms with Crippen LogP contribution < -0.4 is 0 Å². The molecule has 1 rings (SSSR count). The molecular formula is C19H38O5. The van der Waals surface area contributed by atoms with Crippen molar-refractivity contribution in [2.24, 2.45) is 0 Å². The monoisotopic (exact) mass is 346 g/mol. The van der Waals surface area contributed by atoms with Gasteiger partial charge in [-0.3, -0.25) is 0 Å². The van der Waals surface area contributed by atoms with Gasteiger partial charge in [-0.1, -0.05) is 71.1 Å². The molecule has 1 saturated heterocycles. The highest BCUT2D eigenvalue weighted by atomic mass is 16.6. The Morgan fingerprint density at radius 2 is 1.50 bits per heavy atom. The fourth-order valence-corrected chi connectivity index (χ4v) is 3.24. The lowest BCUT2D eigenvalue weighted by molar-refractivity contribution is -0.0938. The van der Waals surface area contributed by atoms with Gasteiger partial charge in [0.15, 0.2) is 0 Å². The van der Waals surface area contributed by atoms with Crippen molar-refractivity contribution < 1.29 is 24.8 Å². The molecule has 0 aromatic rings. The second-order valence-corrected chi connectivity index (χ2v) is 6.99. The Balaban J connectivity index is 1.94. The van der Waals surface area contributed by atoms with Crippen LogP contribution >= 0.6 is 0 Å². The summed E-state index contributed by atoms with van der Waals surface area (Å²) in [6.07, 6.45) is 11.2. The van der Waals surface area contributed by atoms with Crippen molar-refractivity contribution in [3.05, 3.63) is 0 Å². The van der Waals surface area contributed by atoms with Crippen molar-refractivity contribution >= 4 is 0 Å². The summed E-state index contributed by atoms with van der Waals surface area (Å²) in [6.45, 7) is 2.59. The summed E-state index contributed by atoms with van der Waals surface area (Å²) in [4.78, 5) is 0. The molecule has 0 bridgehead atoms. The van der Waals surface area contributed by atoms with Gasteiger partial charge < -0.3 is 24.8 Å². The highest BCUT2D eigenvalue weighted by Gasteiger charge is 2.40. The molecule has 3 N–H and O–H groups in total. The Morgan fingerprint density at radius 1 is 0.958 bits per heavy atom. The third kappa shape index (κ3) is 8.77. The van der Waals surface area contributed by atoms with Crippen LogP contribution in [0.3, 0.4) is 0 Å². The van der Waals surface area contributed by atoms with E-state index in [4.69, 9.17) is 14.6 Å². The van der Waals surface area contributed by atoms with E-state index in [9.17, 15) is 10.2 Å². The lowest BCUT2D eigenvalue weighted by Gasteiger charge is -2.23. The minimum absolute atomic E-state index is 0.157. The predicted octanol–water partition coefficient (Wildman–Crippen LogP) is 2.80. The van der Waals surface area contributed by atoms with Gasteiger partial charge in [-0.05, 0) is 6.42 Å². The van der Waals surface area contributed by atoms with Gasteiger partial charge in [-0.2, -0.15) is 0 Å². The van der Waals surface area contributed by atoms with Crippen LogP contribution in [0.1, 0.15) is 77.6 Å². The van der Waals surface area contributed by atoms with Crippen molar-refractivity contribution in [1.29, 1.82) is 0 Å². The first-order chi connectivity index (χ1) is 11.7. The van der Waals surface area contributed by atoms with Crippen molar-refractivity contribution in [2.45, 2.75) is 102 Å². The second-order valence-electron chi connectivity index (χ2n) is 6.99. The molecule has 0 aromatic carbocycles. The Bertz CT molecular complexity index is 287. The fraction of sp³-hybridized carbons (Fsp3) is 1.00. The summed E-state index contributed by atoms with van der Waals surface area (Å²) in [7, 11) is 0. The molecule has 1 aliphatic heterocycles. The molecule has 0 amide bonds. The predicted molar refractivity (Wildman–Crippen MR) is 95.0 cm³/mol. The Hall–Kier alpha value is -0.200. The van der Waals surface area contributed by atoms with Crippen molar-refractivity contribution in [3.63, 3.8) is 0 Å². The van der Waals surface area contributed by atoms with Crippen LogP contribution in [0.2, 0.25) is 0 Å². The summed E-state index contributed by atoms with van der Waals surface area (Å²) >= 11 is 0. The molecular weight excluding hydrogens is 308 g/mol. The number of rotatable bonds is 15. The smallest absolute Gasteiger partial charge is 0.114 e. The topological polar surface area (TPSA) is 79.2 Å². The highest BCUT2D eigenvalue weighted by molar-refractivity contribution is 4.89. The van der Waals surface area contributed by atoms with Crippen molar-refractivity contribution in [1.82, 2.24) is 0 Å². The van der Waals surface area contributed by atoms with E-state index in [1.165, 1.54) is 57.8 Å². The Labute approximate surface area is 147 Å². The molecule has 0 aliphatic carbocycles. The Morgan fingerprint density at radius 3 is 2.04 bits per heavy atom. The van der Waals surface area contributed by atoms with E-state index in [0.29, 0.717) is 6.61 Å². The van der Waals surface area contributed by atoms with Crippen LogP contribution in [-0.2, 0) is 9.47 Å². The van der Waals surface area contributed by atoms with Crippen LogP contribution in [0.5, 0.6) is 0 Å². The number of hydrogen-bond acceptors (Lipinski definition) is 5. The standard InChI is InChI=1S/C19H38O5/c1-2-3-4-5-6-7-8-9-10-11-12-13-23-19-17(22)15-24-18(19)16(21)14-20/h16-22H,2-15H2,1H3/t16-,17+,18-,19-/m1/s1. The van der Waals surface area contributed by atoms with Gasteiger partial charge in [0.2, 0.25) is 0 Å². The highest BCUT2D eigenvalue weighted by Crippen LogP contribution is 2.21. The lowest BCUT2D eigenvalue weighted by Crippen LogP contribution is -2.42. The zero-order chi connectivity index (χ0) is 17.6. The Kier molecular flexibility index (Phi) is 12.8. The van der Waals surface area contributed by atoms with E-state index in [1.807, 2.05) is 0 Å². The first-order valence-corrected chi connectivity index (χ1v) is 9.90. The summed E-state index contributed by atoms with van der Waals surface area (Å²) in [5.74, 6) is 0. The molecule has 1 aliphatic rings.